The van der Waals surface area contributed by atoms with Gasteiger partial charge in [0.25, 0.3) is 0 Å². The van der Waals surface area contributed by atoms with Gasteiger partial charge in [-0.3, -0.25) is 9.20 Å². The highest BCUT2D eigenvalue weighted by molar-refractivity contribution is 7.15. The van der Waals surface area contributed by atoms with Gasteiger partial charge in [0.1, 0.15) is 5.82 Å². The Bertz CT molecular complexity index is 824. The number of halogens is 1. The molecule has 0 atom stereocenters. The van der Waals surface area contributed by atoms with Crippen LogP contribution in [0.15, 0.2) is 42.0 Å². The number of carbonyl (C=O) groups is 1. The van der Waals surface area contributed by atoms with Crippen LogP contribution >= 0.6 is 11.3 Å². The molecule has 2 heterocycles. The lowest BCUT2D eigenvalue weighted by Crippen LogP contribution is -2.33. The lowest BCUT2D eigenvalue weighted by molar-refractivity contribution is -0.131. The molecule has 2 aromatic heterocycles. The van der Waals surface area contributed by atoms with Gasteiger partial charge < -0.3 is 4.90 Å². The minimum absolute atomic E-state index is 0.0579. The molecule has 4 rings (SSSR count). The minimum atomic E-state index is -0.264. The fraction of sp³-hybridized carbons (Fsp3) is 0.294. The predicted molar refractivity (Wildman–Crippen MR) is 86.7 cm³/mol. The van der Waals surface area contributed by atoms with Crippen LogP contribution in [0.5, 0.6) is 0 Å². The Hall–Kier alpha value is -2.21. The van der Waals surface area contributed by atoms with Gasteiger partial charge in [-0.05, 0) is 30.5 Å². The molecule has 0 N–H and O–H groups in total. The van der Waals surface area contributed by atoms with E-state index in [0.717, 1.165) is 29.1 Å². The Morgan fingerprint density at radius 1 is 1.43 bits per heavy atom. The molecule has 1 fully saturated rings. The maximum atomic E-state index is 13.3. The first-order valence-electron chi connectivity index (χ1n) is 7.64. The molecule has 118 valence electrons. The summed E-state index contributed by atoms with van der Waals surface area (Å²) in [7, 11) is 0. The third-order valence-electron chi connectivity index (χ3n) is 4.03. The van der Waals surface area contributed by atoms with E-state index in [1.807, 2.05) is 33.1 Å². The molecular weight excluding hydrogens is 313 g/mol. The van der Waals surface area contributed by atoms with E-state index >= 15 is 0 Å². The number of imidazole rings is 1. The van der Waals surface area contributed by atoms with Gasteiger partial charge in [-0.1, -0.05) is 12.1 Å². The van der Waals surface area contributed by atoms with Crippen LogP contribution in [0.25, 0.3) is 4.96 Å². The van der Waals surface area contributed by atoms with Crippen LogP contribution in [0.4, 0.5) is 4.39 Å². The van der Waals surface area contributed by atoms with Crippen molar-refractivity contribution in [1.82, 2.24) is 14.3 Å². The highest BCUT2D eigenvalue weighted by Gasteiger charge is 2.32. The monoisotopic (exact) mass is 329 g/mol. The molecule has 3 aromatic rings. The molecule has 0 aliphatic heterocycles. The van der Waals surface area contributed by atoms with Crippen LogP contribution in [-0.2, 0) is 17.8 Å². The maximum Gasteiger partial charge on any atom is 0.229 e. The smallest absolute Gasteiger partial charge is 0.229 e. The quantitative estimate of drug-likeness (QED) is 0.720. The van der Waals surface area contributed by atoms with E-state index in [-0.39, 0.29) is 17.8 Å². The molecule has 1 amide bonds. The van der Waals surface area contributed by atoms with Crippen molar-refractivity contribution in [3.8, 4) is 0 Å². The first-order chi connectivity index (χ1) is 11.2. The summed E-state index contributed by atoms with van der Waals surface area (Å²) in [6.45, 7) is 0.462. The van der Waals surface area contributed by atoms with Crippen LogP contribution in [0.3, 0.4) is 0 Å². The fourth-order valence-corrected chi connectivity index (χ4v) is 3.48. The summed E-state index contributed by atoms with van der Waals surface area (Å²) in [4.78, 5) is 19.9. The van der Waals surface area contributed by atoms with Crippen LogP contribution in [-0.4, -0.2) is 26.2 Å². The van der Waals surface area contributed by atoms with Gasteiger partial charge in [0.2, 0.25) is 5.91 Å². The average molecular weight is 329 g/mol. The third kappa shape index (κ3) is 3.12. The number of nitrogens with zero attached hydrogens (tertiary/aromatic N) is 3. The highest BCUT2D eigenvalue weighted by atomic mass is 32.1. The van der Waals surface area contributed by atoms with E-state index in [1.165, 1.54) is 12.1 Å². The number of hydrogen-bond acceptors (Lipinski definition) is 3. The van der Waals surface area contributed by atoms with Crippen LogP contribution < -0.4 is 0 Å². The topological polar surface area (TPSA) is 37.6 Å². The lowest BCUT2D eigenvalue weighted by atomic mass is 10.2. The second-order valence-electron chi connectivity index (χ2n) is 5.88. The largest absolute Gasteiger partial charge is 0.335 e. The van der Waals surface area contributed by atoms with E-state index < -0.39 is 0 Å². The number of fused-ring (bicyclic) bond motifs is 1. The summed E-state index contributed by atoms with van der Waals surface area (Å²) < 4.78 is 15.3. The van der Waals surface area contributed by atoms with Crippen LogP contribution in [0.1, 0.15) is 24.1 Å². The molecule has 0 unspecified atom stereocenters. The molecule has 1 aliphatic rings. The number of benzene rings is 1. The SMILES string of the molecule is O=C(Cc1cn2ccsc2n1)N(Cc1cccc(F)c1)C1CC1. The zero-order valence-corrected chi connectivity index (χ0v) is 13.3. The van der Waals surface area contributed by atoms with Crippen molar-refractivity contribution in [2.75, 3.05) is 0 Å². The van der Waals surface area contributed by atoms with Crippen molar-refractivity contribution in [1.29, 1.82) is 0 Å². The molecule has 1 aromatic carbocycles. The lowest BCUT2D eigenvalue weighted by Gasteiger charge is -2.22. The molecule has 0 bridgehead atoms. The van der Waals surface area contributed by atoms with Gasteiger partial charge in [0, 0.05) is 30.4 Å². The zero-order valence-electron chi connectivity index (χ0n) is 12.5. The van der Waals surface area contributed by atoms with E-state index in [4.69, 9.17) is 0 Å². The molecule has 6 heteroatoms. The van der Waals surface area contributed by atoms with Crippen LogP contribution in [0, 0.1) is 5.82 Å². The Kier molecular flexibility index (Phi) is 3.61. The number of carbonyl (C=O) groups excluding carboxylic acids is 1. The molecule has 0 saturated heterocycles. The molecule has 0 radical (unpaired) electrons. The number of hydrogen-bond donors (Lipinski definition) is 0. The standard InChI is InChI=1S/C17H16FN3OS/c18-13-3-1-2-12(8-13)10-21(15-4-5-15)16(22)9-14-11-20-6-7-23-17(20)19-14/h1-3,6-8,11,15H,4-5,9-10H2. The fourth-order valence-electron chi connectivity index (χ4n) is 2.76. The molecule has 23 heavy (non-hydrogen) atoms. The first kappa shape index (κ1) is 14.4. The average Bonchev–Trinajstić information content (AvgIpc) is 3.14. The van der Waals surface area contributed by atoms with Crippen molar-refractivity contribution < 1.29 is 9.18 Å². The normalized spacial score (nSPS) is 14.3. The number of aromatic nitrogens is 2. The summed E-state index contributed by atoms with van der Waals surface area (Å²) in [5, 5.41) is 1.97. The van der Waals surface area contributed by atoms with Crippen molar-refractivity contribution in [2.24, 2.45) is 0 Å². The Morgan fingerprint density at radius 2 is 2.30 bits per heavy atom. The molecule has 1 aliphatic carbocycles. The van der Waals surface area contributed by atoms with E-state index in [9.17, 15) is 9.18 Å². The number of thiazole rings is 1. The van der Waals surface area contributed by atoms with Crippen LogP contribution in [0.2, 0.25) is 0 Å². The Balaban J connectivity index is 1.50. The van der Waals surface area contributed by atoms with E-state index in [2.05, 4.69) is 4.98 Å². The molecular formula is C17H16FN3OS. The van der Waals surface area contributed by atoms with E-state index in [1.54, 1.807) is 17.4 Å². The molecule has 1 saturated carbocycles. The summed E-state index contributed by atoms with van der Waals surface area (Å²) in [5.41, 5.74) is 1.61. The van der Waals surface area contributed by atoms with Gasteiger partial charge in [0.15, 0.2) is 4.96 Å². The second-order valence-corrected chi connectivity index (χ2v) is 6.76. The third-order valence-corrected chi connectivity index (χ3v) is 4.80. The Labute approximate surface area is 137 Å². The van der Waals surface area contributed by atoms with Gasteiger partial charge >= 0.3 is 0 Å². The molecule has 0 spiro atoms. The second kappa shape index (κ2) is 5.77. The zero-order chi connectivity index (χ0) is 15.8. The van der Waals surface area contributed by atoms with Gasteiger partial charge in [0.05, 0.1) is 12.1 Å². The first-order valence-corrected chi connectivity index (χ1v) is 8.52. The molecule has 4 nitrogen and oxygen atoms in total. The van der Waals surface area contributed by atoms with Gasteiger partial charge in [-0.2, -0.15) is 0 Å². The summed E-state index contributed by atoms with van der Waals surface area (Å²) in [5.74, 6) is -0.206. The Morgan fingerprint density at radius 3 is 3.04 bits per heavy atom. The highest BCUT2D eigenvalue weighted by Crippen LogP contribution is 2.29. The summed E-state index contributed by atoms with van der Waals surface area (Å²) in [6.07, 6.45) is 6.18. The maximum absolute atomic E-state index is 13.3. The summed E-state index contributed by atoms with van der Waals surface area (Å²) in [6, 6.07) is 6.75. The summed E-state index contributed by atoms with van der Waals surface area (Å²) >= 11 is 1.55. The van der Waals surface area contributed by atoms with Crippen molar-refractivity contribution in [3.05, 3.63) is 59.1 Å². The van der Waals surface area contributed by atoms with Gasteiger partial charge in [-0.25, -0.2) is 9.37 Å². The van der Waals surface area contributed by atoms with Crippen molar-refractivity contribution in [3.63, 3.8) is 0 Å². The van der Waals surface area contributed by atoms with Gasteiger partial charge in [-0.15, -0.1) is 11.3 Å². The minimum Gasteiger partial charge on any atom is -0.335 e. The predicted octanol–water partition coefficient (Wildman–Crippen LogP) is 3.27. The van der Waals surface area contributed by atoms with Crippen molar-refractivity contribution >= 4 is 22.2 Å². The van der Waals surface area contributed by atoms with Crippen molar-refractivity contribution in [2.45, 2.75) is 31.8 Å². The number of amides is 1. The van der Waals surface area contributed by atoms with E-state index in [0.29, 0.717) is 13.0 Å². The number of rotatable bonds is 5.